The molecule has 0 heterocycles. The van der Waals surface area contributed by atoms with Gasteiger partial charge in [-0.05, 0) is 78.1 Å². The van der Waals surface area contributed by atoms with Crippen LogP contribution in [0.2, 0.25) is 0 Å². The summed E-state index contributed by atoms with van der Waals surface area (Å²) in [5.41, 5.74) is 3.28. The highest BCUT2D eigenvalue weighted by molar-refractivity contribution is 6.14. The molecular weight excluding hydrogens is 340 g/mol. The molecule has 154 valence electrons. The van der Waals surface area contributed by atoms with Crippen LogP contribution in [-0.2, 0) is 19.1 Å². The van der Waals surface area contributed by atoms with Gasteiger partial charge in [0.2, 0.25) is 0 Å². The molecule has 4 nitrogen and oxygen atoms in total. The number of rotatable bonds is 8. The van der Waals surface area contributed by atoms with Crippen molar-refractivity contribution < 1.29 is 19.1 Å². The summed E-state index contributed by atoms with van der Waals surface area (Å²) in [7, 11) is 0. The molecule has 0 aliphatic heterocycles. The summed E-state index contributed by atoms with van der Waals surface area (Å²) < 4.78 is 10.5. The molecule has 1 rings (SSSR count). The molecule has 0 amide bonds. The summed E-state index contributed by atoms with van der Waals surface area (Å²) in [6, 6.07) is 0. The lowest BCUT2D eigenvalue weighted by Crippen LogP contribution is -2.24. The third-order valence-electron chi connectivity index (χ3n) is 5.11. The molecule has 1 atom stereocenters. The summed E-state index contributed by atoms with van der Waals surface area (Å²) >= 11 is 0. The van der Waals surface area contributed by atoms with E-state index in [2.05, 4.69) is 20.8 Å². The second kappa shape index (κ2) is 10.1. The zero-order valence-electron chi connectivity index (χ0n) is 18.5. The Bertz CT molecular complexity index is 569. The van der Waals surface area contributed by atoms with Crippen LogP contribution in [-0.4, -0.2) is 24.1 Å². The number of carbonyl (C=O) groups excluding carboxylic acids is 2. The Morgan fingerprint density at radius 3 is 2.00 bits per heavy atom. The summed E-state index contributed by atoms with van der Waals surface area (Å²) in [5.74, 6) is -1.12. The summed E-state index contributed by atoms with van der Waals surface area (Å²) in [5, 5.41) is 0. The Hall–Kier alpha value is -1.58. The van der Waals surface area contributed by atoms with E-state index in [-0.39, 0.29) is 29.1 Å². The van der Waals surface area contributed by atoms with Crippen molar-refractivity contribution in [3.05, 3.63) is 22.8 Å². The molecule has 0 spiro atoms. The molecule has 0 saturated carbocycles. The highest BCUT2D eigenvalue weighted by Gasteiger charge is 2.29. The normalized spacial score (nSPS) is 17.7. The highest BCUT2D eigenvalue weighted by atomic mass is 16.6. The SMILES string of the molecule is CC1=C(CCC(C)C=C(C(=O)OC(C)C)C(=O)OC(C)C)C(C)(C)CCC1. The van der Waals surface area contributed by atoms with Crippen LogP contribution in [0.3, 0.4) is 0 Å². The van der Waals surface area contributed by atoms with Gasteiger partial charge in [-0.3, -0.25) is 0 Å². The van der Waals surface area contributed by atoms with Gasteiger partial charge in [-0.2, -0.15) is 0 Å². The van der Waals surface area contributed by atoms with Gasteiger partial charge < -0.3 is 9.47 Å². The van der Waals surface area contributed by atoms with Crippen LogP contribution in [0.15, 0.2) is 22.8 Å². The van der Waals surface area contributed by atoms with Crippen LogP contribution in [0, 0.1) is 11.3 Å². The number of hydrogen-bond acceptors (Lipinski definition) is 4. The van der Waals surface area contributed by atoms with Crippen LogP contribution < -0.4 is 0 Å². The van der Waals surface area contributed by atoms with Crippen molar-refractivity contribution in [3.8, 4) is 0 Å². The van der Waals surface area contributed by atoms with E-state index in [4.69, 9.17) is 9.47 Å². The van der Waals surface area contributed by atoms with Crippen LogP contribution in [0.25, 0.3) is 0 Å². The van der Waals surface area contributed by atoms with Crippen molar-refractivity contribution in [1.82, 2.24) is 0 Å². The van der Waals surface area contributed by atoms with Gasteiger partial charge in [-0.15, -0.1) is 0 Å². The van der Waals surface area contributed by atoms with Gasteiger partial charge in [0.15, 0.2) is 0 Å². The van der Waals surface area contributed by atoms with Gasteiger partial charge in [-0.1, -0.05) is 38.0 Å². The summed E-state index contributed by atoms with van der Waals surface area (Å²) in [4.78, 5) is 24.7. The first-order valence-corrected chi connectivity index (χ1v) is 10.3. The molecule has 1 aliphatic carbocycles. The summed E-state index contributed by atoms with van der Waals surface area (Å²) in [6.07, 6.45) is 6.70. The molecule has 0 aromatic heterocycles. The Labute approximate surface area is 165 Å². The lowest BCUT2D eigenvalue weighted by molar-refractivity contribution is -0.151. The number of carbonyl (C=O) groups is 2. The fraction of sp³-hybridized carbons (Fsp3) is 0.739. The van der Waals surface area contributed by atoms with E-state index in [1.54, 1.807) is 33.8 Å². The van der Waals surface area contributed by atoms with Gasteiger partial charge in [0.05, 0.1) is 12.2 Å². The fourth-order valence-corrected chi connectivity index (χ4v) is 3.74. The maximum absolute atomic E-state index is 12.4. The molecule has 0 aromatic rings. The maximum Gasteiger partial charge on any atom is 0.345 e. The Kier molecular flexibility index (Phi) is 8.77. The zero-order valence-corrected chi connectivity index (χ0v) is 18.5. The standard InChI is InChI=1S/C23H38O4/c1-15(2)26-21(24)19(22(25)27-16(3)4)14-17(5)11-12-20-18(6)10-9-13-23(20,7)8/h14-17H,9-13H2,1-8H3. The van der Waals surface area contributed by atoms with E-state index < -0.39 is 11.9 Å². The van der Waals surface area contributed by atoms with E-state index in [0.717, 1.165) is 12.8 Å². The quantitative estimate of drug-likeness (QED) is 0.177. The third kappa shape index (κ3) is 7.51. The van der Waals surface area contributed by atoms with E-state index in [1.165, 1.54) is 30.4 Å². The van der Waals surface area contributed by atoms with E-state index in [1.807, 2.05) is 6.92 Å². The fourth-order valence-electron chi connectivity index (χ4n) is 3.74. The Morgan fingerprint density at radius 1 is 1.04 bits per heavy atom. The van der Waals surface area contributed by atoms with Gasteiger partial charge in [-0.25, -0.2) is 9.59 Å². The molecular formula is C23H38O4. The number of hydrogen-bond donors (Lipinski definition) is 0. The molecule has 4 heteroatoms. The number of allylic oxidation sites excluding steroid dienone is 3. The topological polar surface area (TPSA) is 52.6 Å². The van der Waals surface area contributed by atoms with Gasteiger partial charge in [0, 0.05) is 0 Å². The third-order valence-corrected chi connectivity index (χ3v) is 5.11. The monoisotopic (exact) mass is 378 g/mol. The van der Waals surface area contributed by atoms with Crippen molar-refractivity contribution in [3.63, 3.8) is 0 Å². The first kappa shape index (κ1) is 23.5. The minimum absolute atomic E-state index is 0.0125. The average molecular weight is 379 g/mol. The van der Waals surface area contributed by atoms with Gasteiger partial charge in [0.25, 0.3) is 0 Å². The Morgan fingerprint density at radius 2 is 1.56 bits per heavy atom. The van der Waals surface area contributed by atoms with Crippen molar-refractivity contribution in [2.75, 3.05) is 0 Å². The first-order valence-electron chi connectivity index (χ1n) is 10.3. The van der Waals surface area contributed by atoms with Crippen LogP contribution in [0.1, 0.15) is 87.5 Å². The number of esters is 2. The van der Waals surface area contributed by atoms with E-state index >= 15 is 0 Å². The smallest absolute Gasteiger partial charge is 0.345 e. The van der Waals surface area contributed by atoms with Crippen LogP contribution in [0.5, 0.6) is 0 Å². The largest absolute Gasteiger partial charge is 0.459 e. The van der Waals surface area contributed by atoms with Crippen molar-refractivity contribution in [2.24, 2.45) is 11.3 Å². The van der Waals surface area contributed by atoms with Crippen molar-refractivity contribution in [1.29, 1.82) is 0 Å². The van der Waals surface area contributed by atoms with Crippen LogP contribution in [0.4, 0.5) is 0 Å². The molecule has 1 unspecified atom stereocenters. The van der Waals surface area contributed by atoms with Crippen molar-refractivity contribution in [2.45, 2.75) is 99.7 Å². The van der Waals surface area contributed by atoms with Gasteiger partial charge in [0.1, 0.15) is 5.57 Å². The molecule has 1 aliphatic rings. The lowest BCUT2D eigenvalue weighted by Gasteiger charge is -2.35. The minimum Gasteiger partial charge on any atom is -0.459 e. The van der Waals surface area contributed by atoms with Crippen molar-refractivity contribution >= 4 is 11.9 Å². The second-order valence-electron chi connectivity index (χ2n) is 9.00. The first-order chi connectivity index (χ1) is 12.4. The predicted molar refractivity (Wildman–Crippen MR) is 109 cm³/mol. The van der Waals surface area contributed by atoms with Crippen LogP contribution >= 0.6 is 0 Å². The van der Waals surface area contributed by atoms with Gasteiger partial charge >= 0.3 is 11.9 Å². The Balaban J connectivity index is 2.91. The molecule has 0 saturated heterocycles. The number of ether oxygens (including phenoxy) is 2. The molecule has 0 bridgehead atoms. The molecule has 0 aromatic carbocycles. The highest BCUT2D eigenvalue weighted by Crippen LogP contribution is 2.42. The zero-order chi connectivity index (χ0) is 20.8. The molecule has 27 heavy (non-hydrogen) atoms. The lowest BCUT2D eigenvalue weighted by atomic mass is 9.71. The molecule has 0 N–H and O–H groups in total. The second-order valence-corrected chi connectivity index (χ2v) is 9.00. The minimum atomic E-state index is -0.601. The van der Waals surface area contributed by atoms with E-state index in [0.29, 0.717) is 0 Å². The predicted octanol–water partition coefficient (Wildman–Crippen LogP) is 5.76. The maximum atomic E-state index is 12.4. The average Bonchev–Trinajstić information content (AvgIpc) is 2.49. The van der Waals surface area contributed by atoms with E-state index in [9.17, 15) is 9.59 Å². The molecule has 0 fully saturated rings. The summed E-state index contributed by atoms with van der Waals surface area (Å²) in [6.45, 7) is 16.0. The molecule has 0 radical (unpaired) electrons.